The molecule has 1 aromatic carbocycles. The van der Waals surface area contributed by atoms with E-state index in [0.29, 0.717) is 5.69 Å². The standard InChI is InChI=1S/C19H18N2O3S2/c1-11-6-7-14(12(2)9-11)20-17(22)13(3)24-19(23)15-10-26-18(21-15)16-5-4-8-25-16/h4-10,13H,1-3H3,(H,20,22)/t13-/m0/s1. The van der Waals surface area contributed by atoms with Gasteiger partial charge < -0.3 is 10.1 Å². The van der Waals surface area contributed by atoms with Crippen LogP contribution in [0.3, 0.4) is 0 Å². The maximum atomic E-state index is 12.3. The number of hydrogen-bond acceptors (Lipinski definition) is 6. The molecule has 0 aliphatic heterocycles. The fourth-order valence-electron chi connectivity index (χ4n) is 2.34. The fraction of sp³-hybridized carbons (Fsp3) is 0.211. The van der Waals surface area contributed by atoms with Gasteiger partial charge in [-0.3, -0.25) is 4.79 Å². The molecule has 0 saturated heterocycles. The Balaban J connectivity index is 1.62. The van der Waals surface area contributed by atoms with Crippen molar-refractivity contribution >= 4 is 40.2 Å². The Morgan fingerprint density at radius 3 is 2.69 bits per heavy atom. The number of nitrogens with one attached hydrogen (secondary N) is 1. The van der Waals surface area contributed by atoms with Gasteiger partial charge in [0, 0.05) is 11.1 Å². The molecule has 0 fully saturated rings. The minimum Gasteiger partial charge on any atom is -0.448 e. The zero-order chi connectivity index (χ0) is 18.7. The summed E-state index contributed by atoms with van der Waals surface area (Å²) in [5, 5.41) is 7.15. The molecular weight excluding hydrogens is 368 g/mol. The molecule has 0 aliphatic carbocycles. The number of aromatic nitrogens is 1. The van der Waals surface area contributed by atoms with E-state index in [1.54, 1.807) is 23.6 Å². The van der Waals surface area contributed by atoms with Crippen molar-refractivity contribution in [1.29, 1.82) is 0 Å². The van der Waals surface area contributed by atoms with Crippen molar-refractivity contribution < 1.29 is 14.3 Å². The molecule has 0 unspecified atom stereocenters. The molecule has 7 heteroatoms. The summed E-state index contributed by atoms with van der Waals surface area (Å²) in [6, 6.07) is 9.61. The molecule has 1 amide bonds. The Morgan fingerprint density at radius 2 is 2.00 bits per heavy atom. The number of ether oxygens (including phenoxy) is 1. The Bertz CT molecular complexity index is 932. The van der Waals surface area contributed by atoms with E-state index >= 15 is 0 Å². The third-order valence-electron chi connectivity index (χ3n) is 3.74. The Morgan fingerprint density at radius 1 is 1.19 bits per heavy atom. The van der Waals surface area contributed by atoms with Crippen LogP contribution in [0, 0.1) is 13.8 Å². The van der Waals surface area contributed by atoms with Gasteiger partial charge in [-0.2, -0.15) is 0 Å². The number of amides is 1. The molecule has 0 bridgehead atoms. The lowest BCUT2D eigenvalue weighted by Gasteiger charge is -2.14. The van der Waals surface area contributed by atoms with Crippen molar-refractivity contribution in [3.05, 3.63) is 57.9 Å². The maximum absolute atomic E-state index is 12.3. The first-order valence-corrected chi connectivity index (χ1v) is 9.78. The zero-order valence-corrected chi connectivity index (χ0v) is 16.2. The third kappa shape index (κ3) is 4.17. The lowest BCUT2D eigenvalue weighted by molar-refractivity contribution is -0.123. The first-order valence-electron chi connectivity index (χ1n) is 8.02. The number of carbonyl (C=O) groups excluding carboxylic acids is 2. The Hall–Kier alpha value is -2.51. The van der Waals surface area contributed by atoms with Gasteiger partial charge in [0.2, 0.25) is 0 Å². The number of thiophene rings is 1. The van der Waals surface area contributed by atoms with Crippen LogP contribution < -0.4 is 5.32 Å². The van der Waals surface area contributed by atoms with Gasteiger partial charge in [0.15, 0.2) is 11.8 Å². The van der Waals surface area contributed by atoms with Crippen molar-refractivity contribution in [2.75, 3.05) is 5.32 Å². The van der Waals surface area contributed by atoms with Gasteiger partial charge >= 0.3 is 5.97 Å². The molecule has 0 radical (unpaired) electrons. The van der Waals surface area contributed by atoms with E-state index in [1.165, 1.54) is 11.3 Å². The molecule has 2 aromatic heterocycles. The molecule has 0 spiro atoms. The second-order valence-corrected chi connectivity index (χ2v) is 7.68. The fourth-order valence-corrected chi connectivity index (χ4v) is 3.95. The minimum absolute atomic E-state index is 0.213. The van der Waals surface area contributed by atoms with Crippen LogP contribution in [-0.4, -0.2) is 23.0 Å². The van der Waals surface area contributed by atoms with E-state index in [0.717, 1.165) is 21.0 Å². The third-order valence-corrected chi connectivity index (χ3v) is 5.62. The molecule has 26 heavy (non-hydrogen) atoms. The Labute approximate surface area is 159 Å². The number of thiazole rings is 1. The first kappa shape index (κ1) is 18.3. The summed E-state index contributed by atoms with van der Waals surface area (Å²) in [6.07, 6.45) is -0.921. The number of anilines is 1. The quantitative estimate of drug-likeness (QED) is 0.647. The summed E-state index contributed by atoms with van der Waals surface area (Å²) in [6.45, 7) is 5.45. The molecule has 0 aliphatic rings. The average molecular weight is 386 g/mol. The summed E-state index contributed by atoms with van der Waals surface area (Å²) in [5.74, 6) is -0.980. The van der Waals surface area contributed by atoms with Gasteiger partial charge in [0.05, 0.1) is 4.88 Å². The van der Waals surface area contributed by atoms with Crippen LogP contribution in [0.15, 0.2) is 41.1 Å². The van der Waals surface area contributed by atoms with Crippen LogP contribution in [0.2, 0.25) is 0 Å². The zero-order valence-electron chi connectivity index (χ0n) is 14.6. The van der Waals surface area contributed by atoms with Gasteiger partial charge in [-0.05, 0) is 43.8 Å². The normalized spacial score (nSPS) is 11.8. The summed E-state index contributed by atoms with van der Waals surface area (Å²) in [7, 11) is 0. The molecule has 1 atom stereocenters. The van der Waals surface area contributed by atoms with Gasteiger partial charge in [0.25, 0.3) is 5.91 Å². The topological polar surface area (TPSA) is 68.3 Å². The van der Waals surface area contributed by atoms with Crippen molar-refractivity contribution in [2.45, 2.75) is 26.9 Å². The Kier molecular flexibility index (Phi) is 5.49. The van der Waals surface area contributed by atoms with Gasteiger partial charge in [-0.15, -0.1) is 22.7 Å². The van der Waals surface area contributed by atoms with Crippen LogP contribution >= 0.6 is 22.7 Å². The predicted molar refractivity (Wildman–Crippen MR) is 105 cm³/mol. The van der Waals surface area contributed by atoms with Crippen molar-refractivity contribution in [3.8, 4) is 9.88 Å². The number of nitrogens with zero attached hydrogens (tertiary/aromatic N) is 1. The van der Waals surface area contributed by atoms with Crippen LogP contribution in [-0.2, 0) is 9.53 Å². The summed E-state index contributed by atoms with van der Waals surface area (Å²) in [4.78, 5) is 29.8. The summed E-state index contributed by atoms with van der Waals surface area (Å²) < 4.78 is 5.26. The van der Waals surface area contributed by atoms with Gasteiger partial charge in [0.1, 0.15) is 5.01 Å². The second kappa shape index (κ2) is 7.80. The van der Waals surface area contributed by atoms with Gasteiger partial charge in [-0.25, -0.2) is 9.78 Å². The van der Waals surface area contributed by atoms with E-state index in [1.807, 2.05) is 49.6 Å². The van der Waals surface area contributed by atoms with E-state index in [2.05, 4.69) is 10.3 Å². The first-order chi connectivity index (χ1) is 12.4. The van der Waals surface area contributed by atoms with E-state index in [-0.39, 0.29) is 11.6 Å². The number of benzene rings is 1. The number of hydrogen-bond donors (Lipinski definition) is 1. The van der Waals surface area contributed by atoms with Crippen LogP contribution in [0.5, 0.6) is 0 Å². The molecule has 3 aromatic rings. The highest BCUT2D eigenvalue weighted by Gasteiger charge is 2.21. The predicted octanol–water partition coefficient (Wildman–Crippen LogP) is 4.67. The molecular formula is C19H18N2O3S2. The molecule has 5 nitrogen and oxygen atoms in total. The summed E-state index contributed by atoms with van der Waals surface area (Å²) in [5.41, 5.74) is 2.99. The molecule has 3 rings (SSSR count). The number of rotatable bonds is 5. The van der Waals surface area contributed by atoms with E-state index in [4.69, 9.17) is 4.74 Å². The highest BCUT2D eigenvalue weighted by Crippen LogP contribution is 2.28. The van der Waals surface area contributed by atoms with Crippen LogP contribution in [0.25, 0.3) is 9.88 Å². The smallest absolute Gasteiger partial charge is 0.358 e. The van der Waals surface area contributed by atoms with E-state index in [9.17, 15) is 9.59 Å². The lowest BCUT2D eigenvalue weighted by atomic mass is 10.1. The van der Waals surface area contributed by atoms with Crippen LogP contribution in [0.4, 0.5) is 5.69 Å². The highest BCUT2D eigenvalue weighted by atomic mass is 32.1. The molecule has 134 valence electrons. The number of aryl methyl sites for hydroxylation is 2. The lowest BCUT2D eigenvalue weighted by Crippen LogP contribution is -2.30. The minimum atomic E-state index is -0.921. The molecule has 0 saturated carbocycles. The van der Waals surface area contributed by atoms with Gasteiger partial charge in [-0.1, -0.05) is 23.8 Å². The van der Waals surface area contributed by atoms with Crippen molar-refractivity contribution in [3.63, 3.8) is 0 Å². The van der Waals surface area contributed by atoms with Crippen molar-refractivity contribution in [1.82, 2.24) is 4.98 Å². The van der Waals surface area contributed by atoms with Crippen molar-refractivity contribution in [2.24, 2.45) is 0 Å². The average Bonchev–Trinajstić information content (AvgIpc) is 3.28. The maximum Gasteiger partial charge on any atom is 0.358 e. The summed E-state index contributed by atoms with van der Waals surface area (Å²) >= 11 is 2.93. The SMILES string of the molecule is Cc1ccc(NC(=O)[C@H](C)OC(=O)c2csc(-c3cccs3)n2)c(C)c1. The monoisotopic (exact) mass is 386 g/mol. The highest BCUT2D eigenvalue weighted by molar-refractivity contribution is 7.20. The van der Waals surface area contributed by atoms with Crippen LogP contribution in [0.1, 0.15) is 28.5 Å². The molecule has 2 heterocycles. The van der Waals surface area contributed by atoms with E-state index < -0.39 is 12.1 Å². The number of carbonyl (C=O) groups is 2. The second-order valence-electron chi connectivity index (χ2n) is 5.87. The number of esters is 1. The largest absolute Gasteiger partial charge is 0.448 e. The molecule has 1 N–H and O–H groups in total.